The number of benzene rings is 2. The predicted molar refractivity (Wildman–Crippen MR) is 112 cm³/mol. The molecule has 2 amide bonds. The maximum absolute atomic E-state index is 12.5. The van der Waals surface area contributed by atoms with Gasteiger partial charge in [-0.25, -0.2) is 9.78 Å². The molecule has 1 heterocycles. The van der Waals surface area contributed by atoms with Crippen LogP contribution in [0.5, 0.6) is 5.75 Å². The normalized spacial score (nSPS) is 12.0. The van der Waals surface area contributed by atoms with Gasteiger partial charge in [-0.05, 0) is 47.9 Å². The summed E-state index contributed by atoms with van der Waals surface area (Å²) in [5.74, 6) is 1.88. The summed E-state index contributed by atoms with van der Waals surface area (Å²) in [5, 5.41) is 5.33. The number of carbonyl (C=O) groups is 1. The lowest BCUT2D eigenvalue weighted by molar-refractivity contribution is 0.205. The molecule has 0 radical (unpaired) electrons. The van der Waals surface area contributed by atoms with Crippen molar-refractivity contribution in [1.82, 2.24) is 19.8 Å². The van der Waals surface area contributed by atoms with Gasteiger partial charge in [-0.3, -0.25) is 0 Å². The molecule has 6 nitrogen and oxygen atoms in total. The van der Waals surface area contributed by atoms with E-state index in [0.29, 0.717) is 6.54 Å². The minimum atomic E-state index is -0.0732. The highest BCUT2D eigenvalue weighted by atomic mass is 16.5. The molecule has 0 aliphatic carbocycles. The molecule has 0 bridgehead atoms. The Kier molecular flexibility index (Phi) is 6.19. The smallest absolute Gasteiger partial charge is 0.317 e. The molecule has 148 valence electrons. The number of nitrogens with zero attached hydrogens (tertiary/aromatic N) is 3. The molecule has 0 fully saturated rings. The van der Waals surface area contributed by atoms with Gasteiger partial charge >= 0.3 is 6.03 Å². The Bertz CT molecular complexity index is 951. The van der Waals surface area contributed by atoms with E-state index in [1.165, 1.54) is 0 Å². The van der Waals surface area contributed by atoms with Crippen LogP contribution in [-0.2, 0) is 13.5 Å². The first kappa shape index (κ1) is 19.7. The number of urea groups is 1. The minimum absolute atomic E-state index is 0.0674. The summed E-state index contributed by atoms with van der Waals surface area (Å²) < 4.78 is 7.28. The second-order valence-electron chi connectivity index (χ2n) is 7.12. The molecule has 0 saturated carbocycles. The van der Waals surface area contributed by atoms with Gasteiger partial charge in [0, 0.05) is 39.5 Å². The summed E-state index contributed by atoms with van der Waals surface area (Å²) in [6.07, 6.45) is 5.46. The first-order valence-electron chi connectivity index (χ1n) is 9.53. The molecule has 0 aliphatic heterocycles. The number of methoxy groups -OCH3 is 1. The number of aryl methyl sites for hydroxylation is 2. The zero-order valence-electron chi connectivity index (χ0n) is 17.0. The summed E-state index contributed by atoms with van der Waals surface area (Å²) in [5.41, 5.74) is 1.08. The number of nitrogens with one attached hydrogen (secondary N) is 1. The molecular formula is C22H28N4O2. The van der Waals surface area contributed by atoms with Crippen molar-refractivity contribution < 1.29 is 9.53 Å². The summed E-state index contributed by atoms with van der Waals surface area (Å²) in [7, 11) is 5.48. The summed E-state index contributed by atoms with van der Waals surface area (Å²) >= 11 is 0. The Morgan fingerprint density at radius 2 is 2.00 bits per heavy atom. The van der Waals surface area contributed by atoms with Crippen LogP contribution >= 0.6 is 0 Å². The highest BCUT2D eigenvalue weighted by Crippen LogP contribution is 2.24. The standard InChI is InChI=1S/C22H28N4O2/c1-16(17-7-8-19-15-20(28-4)10-9-18(19)14-17)24-22(27)26(3)12-5-6-21-23-11-13-25(21)2/h7-11,13-16H,5-6,12H2,1-4H3,(H,24,27). The van der Waals surface area contributed by atoms with E-state index in [-0.39, 0.29) is 12.1 Å². The van der Waals surface area contributed by atoms with Crippen molar-refractivity contribution in [2.24, 2.45) is 7.05 Å². The maximum Gasteiger partial charge on any atom is 0.317 e. The Balaban J connectivity index is 1.55. The van der Waals surface area contributed by atoms with Crippen LogP contribution in [0.25, 0.3) is 10.8 Å². The summed E-state index contributed by atoms with van der Waals surface area (Å²) in [4.78, 5) is 18.6. The molecule has 2 aromatic carbocycles. The Labute approximate surface area is 166 Å². The molecule has 1 aromatic heterocycles. The van der Waals surface area contributed by atoms with Crippen LogP contribution in [0.15, 0.2) is 48.8 Å². The number of aromatic nitrogens is 2. The summed E-state index contributed by atoms with van der Waals surface area (Å²) in [6, 6.07) is 12.1. The van der Waals surface area contributed by atoms with Crippen molar-refractivity contribution in [3.8, 4) is 5.75 Å². The fourth-order valence-electron chi connectivity index (χ4n) is 3.23. The van der Waals surface area contributed by atoms with Gasteiger partial charge in [-0.2, -0.15) is 0 Å². The molecular weight excluding hydrogens is 352 g/mol. The fourth-order valence-corrected chi connectivity index (χ4v) is 3.23. The van der Waals surface area contributed by atoms with Crippen LogP contribution in [0.3, 0.4) is 0 Å². The van der Waals surface area contributed by atoms with Crippen LogP contribution in [-0.4, -0.2) is 41.2 Å². The van der Waals surface area contributed by atoms with Crippen LogP contribution in [0.4, 0.5) is 4.79 Å². The first-order chi connectivity index (χ1) is 13.5. The van der Waals surface area contributed by atoms with Gasteiger partial charge in [-0.15, -0.1) is 0 Å². The van der Waals surface area contributed by atoms with E-state index in [1.54, 1.807) is 18.2 Å². The molecule has 1 N–H and O–H groups in total. The number of rotatable bonds is 7. The average Bonchev–Trinajstić information content (AvgIpc) is 3.11. The topological polar surface area (TPSA) is 59.4 Å². The quantitative estimate of drug-likeness (QED) is 0.676. The third-order valence-electron chi connectivity index (χ3n) is 5.07. The third kappa shape index (κ3) is 4.63. The molecule has 0 saturated heterocycles. The highest BCUT2D eigenvalue weighted by molar-refractivity contribution is 5.85. The first-order valence-corrected chi connectivity index (χ1v) is 9.53. The highest BCUT2D eigenvalue weighted by Gasteiger charge is 2.14. The SMILES string of the molecule is COc1ccc2cc(C(C)NC(=O)N(C)CCCc3nccn3C)ccc2c1. The van der Waals surface area contributed by atoms with Crippen LogP contribution in [0.1, 0.15) is 30.8 Å². The Morgan fingerprint density at radius 1 is 1.25 bits per heavy atom. The number of ether oxygens (including phenoxy) is 1. The fraction of sp³-hybridized carbons (Fsp3) is 0.364. The number of carbonyl (C=O) groups excluding carboxylic acids is 1. The molecule has 0 aliphatic rings. The van der Waals surface area contributed by atoms with E-state index in [4.69, 9.17) is 4.74 Å². The van der Waals surface area contributed by atoms with Crippen molar-refractivity contribution in [2.75, 3.05) is 20.7 Å². The number of hydrogen-bond acceptors (Lipinski definition) is 3. The van der Waals surface area contributed by atoms with E-state index in [1.807, 2.05) is 56.0 Å². The molecule has 3 rings (SSSR count). The van der Waals surface area contributed by atoms with Gasteiger partial charge in [0.1, 0.15) is 11.6 Å². The van der Waals surface area contributed by atoms with E-state index in [9.17, 15) is 4.79 Å². The van der Waals surface area contributed by atoms with Crippen LogP contribution in [0, 0.1) is 0 Å². The number of amides is 2. The lowest BCUT2D eigenvalue weighted by Crippen LogP contribution is -2.39. The lowest BCUT2D eigenvalue weighted by Gasteiger charge is -2.22. The molecule has 6 heteroatoms. The summed E-state index contributed by atoms with van der Waals surface area (Å²) in [6.45, 7) is 2.69. The van der Waals surface area contributed by atoms with Gasteiger partial charge in [0.25, 0.3) is 0 Å². The Hall–Kier alpha value is -3.02. The van der Waals surface area contributed by atoms with E-state index < -0.39 is 0 Å². The monoisotopic (exact) mass is 380 g/mol. The third-order valence-corrected chi connectivity index (χ3v) is 5.07. The predicted octanol–water partition coefficient (Wildman–Crippen LogP) is 3.92. The molecule has 28 heavy (non-hydrogen) atoms. The molecule has 0 spiro atoms. The van der Waals surface area contributed by atoms with E-state index >= 15 is 0 Å². The van der Waals surface area contributed by atoms with Gasteiger partial charge in [0.15, 0.2) is 0 Å². The second-order valence-corrected chi connectivity index (χ2v) is 7.12. The van der Waals surface area contributed by atoms with Gasteiger partial charge in [0.05, 0.1) is 13.2 Å². The number of imidazole rings is 1. The van der Waals surface area contributed by atoms with Gasteiger partial charge < -0.3 is 19.5 Å². The number of fused-ring (bicyclic) bond motifs is 1. The van der Waals surface area contributed by atoms with Crippen LogP contribution in [0.2, 0.25) is 0 Å². The molecule has 3 aromatic rings. The zero-order chi connectivity index (χ0) is 20.1. The van der Waals surface area contributed by atoms with E-state index in [2.05, 4.69) is 22.4 Å². The molecule has 1 unspecified atom stereocenters. The zero-order valence-corrected chi connectivity index (χ0v) is 17.0. The van der Waals surface area contributed by atoms with Crippen molar-refractivity contribution in [2.45, 2.75) is 25.8 Å². The van der Waals surface area contributed by atoms with Gasteiger partial charge in [-0.1, -0.05) is 18.2 Å². The van der Waals surface area contributed by atoms with Crippen molar-refractivity contribution in [3.05, 3.63) is 60.2 Å². The second kappa shape index (κ2) is 8.78. The van der Waals surface area contributed by atoms with Gasteiger partial charge in [0.2, 0.25) is 0 Å². The largest absolute Gasteiger partial charge is 0.497 e. The maximum atomic E-state index is 12.5. The Morgan fingerprint density at radius 3 is 2.71 bits per heavy atom. The van der Waals surface area contributed by atoms with Crippen molar-refractivity contribution in [3.63, 3.8) is 0 Å². The average molecular weight is 380 g/mol. The molecule has 1 atom stereocenters. The lowest BCUT2D eigenvalue weighted by atomic mass is 10.0. The van der Waals surface area contributed by atoms with Crippen LogP contribution < -0.4 is 10.1 Å². The number of hydrogen-bond donors (Lipinski definition) is 1. The minimum Gasteiger partial charge on any atom is -0.497 e. The van der Waals surface area contributed by atoms with E-state index in [0.717, 1.165) is 40.8 Å². The van der Waals surface area contributed by atoms with Crippen molar-refractivity contribution >= 4 is 16.8 Å². The van der Waals surface area contributed by atoms with Crippen molar-refractivity contribution in [1.29, 1.82) is 0 Å².